The van der Waals surface area contributed by atoms with Crippen molar-refractivity contribution in [2.24, 2.45) is 0 Å². The zero-order chi connectivity index (χ0) is 17.6. The lowest BCUT2D eigenvalue weighted by molar-refractivity contribution is 0.0786. The van der Waals surface area contributed by atoms with Crippen LogP contribution in [0.5, 0.6) is 5.75 Å². The van der Waals surface area contributed by atoms with Gasteiger partial charge in [0.15, 0.2) is 6.10 Å². The van der Waals surface area contributed by atoms with Gasteiger partial charge in [-0.2, -0.15) is 0 Å². The van der Waals surface area contributed by atoms with E-state index in [2.05, 4.69) is 12.1 Å². The van der Waals surface area contributed by atoms with Crippen LogP contribution in [-0.2, 0) is 0 Å². The molecule has 1 atom stereocenters. The molecule has 3 nitrogen and oxygen atoms in total. The van der Waals surface area contributed by atoms with E-state index < -0.39 is 6.10 Å². The lowest BCUT2D eigenvalue weighted by Crippen LogP contribution is -2.26. The number of carbonyl (C=O) groups excluding carboxylic acids is 1. The zero-order valence-corrected chi connectivity index (χ0v) is 14.9. The molecule has 1 aliphatic carbocycles. The van der Waals surface area contributed by atoms with Crippen LogP contribution in [0.2, 0.25) is 0 Å². The molecule has 0 bridgehead atoms. The molecule has 25 heavy (non-hydrogen) atoms. The van der Waals surface area contributed by atoms with E-state index in [0.29, 0.717) is 23.8 Å². The van der Waals surface area contributed by atoms with Gasteiger partial charge in [0.25, 0.3) is 0 Å². The van der Waals surface area contributed by atoms with Crippen LogP contribution >= 0.6 is 0 Å². The number of nitrogens with two attached hydrogens (primary N) is 1. The summed E-state index contributed by atoms with van der Waals surface area (Å²) in [6.45, 7) is 1.96. The van der Waals surface area contributed by atoms with Crippen molar-refractivity contribution >= 4 is 11.5 Å². The highest BCUT2D eigenvalue weighted by molar-refractivity contribution is 5.99. The first-order valence-corrected chi connectivity index (χ1v) is 9.33. The maximum atomic E-state index is 12.8. The van der Waals surface area contributed by atoms with E-state index in [9.17, 15) is 4.79 Å². The summed E-state index contributed by atoms with van der Waals surface area (Å²) in [5, 5.41) is 0. The van der Waals surface area contributed by atoms with Crippen LogP contribution in [0, 0.1) is 0 Å². The van der Waals surface area contributed by atoms with Gasteiger partial charge in [0.2, 0.25) is 5.78 Å². The lowest BCUT2D eigenvalue weighted by Gasteiger charge is -2.22. The van der Waals surface area contributed by atoms with Gasteiger partial charge in [0.05, 0.1) is 0 Å². The summed E-state index contributed by atoms with van der Waals surface area (Å²) in [4.78, 5) is 12.8. The number of ether oxygens (including phenoxy) is 1. The second-order valence-electron chi connectivity index (χ2n) is 6.91. The van der Waals surface area contributed by atoms with Gasteiger partial charge in [0.1, 0.15) is 5.75 Å². The normalized spacial score (nSPS) is 16.4. The van der Waals surface area contributed by atoms with Crippen molar-refractivity contribution in [2.45, 2.75) is 57.5 Å². The third kappa shape index (κ3) is 4.41. The highest BCUT2D eigenvalue weighted by Gasteiger charge is 2.21. The Balaban J connectivity index is 1.69. The number of benzene rings is 2. The number of anilines is 1. The third-order valence-corrected chi connectivity index (χ3v) is 5.07. The standard InChI is InChI=1S/C22H27NO2/c1-2-21(25-20-10-6-9-19(23)15-20)22(24)18-13-11-17(12-14-18)16-7-4-3-5-8-16/h6,9-16,21H,2-5,7-8,23H2,1H3. The minimum atomic E-state index is -0.484. The predicted molar refractivity (Wildman–Crippen MR) is 102 cm³/mol. The maximum Gasteiger partial charge on any atom is 0.203 e. The van der Waals surface area contributed by atoms with Crippen LogP contribution < -0.4 is 10.5 Å². The third-order valence-electron chi connectivity index (χ3n) is 5.07. The van der Waals surface area contributed by atoms with Gasteiger partial charge >= 0.3 is 0 Å². The molecule has 0 radical (unpaired) electrons. The highest BCUT2D eigenvalue weighted by atomic mass is 16.5. The largest absolute Gasteiger partial charge is 0.482 e. The topological polar surface area (TPSA) is 52.3 Å². The predicted octanol–water partition coefficient (Wildman–Crippen LogP) is 5.36. The summed E-state index contributed by atoms with van der Waals surface area (Å²) in [6.07, 6.45) is 6.66. The zero-order valence-electron chi connectivity index (χ0n) is 14.9. The molecule has 0 aromatic heterocycles. The van der Waals surface area contributed by atoms with E-state index in [1.807, 2.05) is 31.2 Å². The van der Waals surface area contributed by atoms with Crippen molar-refractivity contribution in [2.75, 3.05) is 5.73 Å². The number of carbonyl (C=O) groups is 1. The van der Waals surface area contributed by atoms with E-state index in [1.54, 1.807) is 12.1 Å². The van der Waals surface area contributed by atoms with E-state index in [4.69, 9.17) is 10.5 Å². The van der Waals surface area contributed by atoms with Crippen LogP contribution in [0.25, 0.3) is 0 Å². The van der Waals surface area contributed by atoms with Gasteiger partial charge in [-0.15, -0.1) is 0 Å². The van der Waals surface area contributed by atoms with Crippen molar-refractivity contribution in [3.8, 4) is 5.75 Å². The van der Waals surface area contributed by atoms with E-state index in [1.165, 1.54) is 37.7 Å². The fraction of sp³-hybridized carbons (Fsp3) is 0.409. The van der Waals surface area contributed by atoms with Gasteiger partial charge < -0.3 is 10.5 Å². The summed E-state index contributed by atoms with van der Waals surface area (Å²) in [6, 6.07) is 15.4. The Bertz CT molecular complexity index is 702. The molecule has 0 heterocycles. The molecule has 3 heteroatoms. The number of hydrogen-bond acceptors (Lipinski definition) is 3. The second-order valence-corrected chi connectivity index (χ2v) is 6.91. The minimum Gasteiger partial charge on any atom is -0.482 e. The number of ketones is 1. The van der Waals surface area contributed by atoms with Crippen molar-refractivity contribution in [3.63, 3.8) is 0 Å². The van der Waals surface area contributed by atoms with E-state index in [0.717, 1.165) is 5.56 Å². The number of hydrogen-bond donors (Lipinski definition) is 1. The van der Waals surface area contributed by atoms with Crippen molar-refractivity contribution in [3.05, 3.63) is 59.7 Å². The molecule has 2 N–H and O–H groups in total. The Morgan fingerprint density at radius 2 is 1.84 bits per heavy atom. The Labute approximate surface area is 150 Å². The average Bonchev–Trinajstić information content (AvgIpc) is 2.66. The average molecular weight is 337 g/mol. The molecule has 1 saturated carbocycles. The molecule has 132 valence electrons. The summed E-state index contributed by atoms with van der Waals surface area (Å²) >= 11 is 0. The molecule has 2 aromatic carbocycles. The minimum absolute atomic E-state index is 0.0279. The van der Waals surface area contributed by atoms with Crippen LogP contribution in [0.3, 0.4) is 0 Å². The van der Waals surface area contributed by atoms with Crippen LogP contribution in [0.15, 0.2) is 48.5 Å². The molecule has 0 amide bonds. The van der Waals surface area contributed by atoms with Crippen LogP contribution in [0.1, 0.15) is 67.3 Å². The highest BCUT2D eigenvalue weighted by Crippen LogP contribution is 2.32. The van der Waals surface area contributed by atoms with Gasteiger partial charge in [-0.1, -0.05) is 56.5 Å². The number of rotatable bonds is 6. The molecule has 1 aliphatic rings. The quantitative estimate of drug-likeness (QED) is 0.570. The van der Waals surface area contributed by atoms with Gasteiger partial charge in [-0.25, -0.2) is 0 Å². The van der Waals surface area contributed by atoms with E-state index in [-0.39, 0.29) is 5.78 Å². The maximum absolute atomic E-state index is 12.8. The Kier molecular flexibility index (Phi) is 5.75. The molecular formula is C22H27NO2. The molecule has 1 fully saturated rings. The van der Waals surface area contributed by atoms with Crippen LogP contribution in [0.4, 0.5) is 5.69 Å². The molecule has 0 aliphatic heterocycles. The van der Waals surface area contributed by atoms with Crippen molar-refractivity contribution < 1.29 is 9.53 Å². The van der Waals surface area contributed by atoms with Crippen molar-refractivity contribution in [1.82, 2.24) is 0 Å². The summed E-state index contributed by atoms with van der Waals surface area (Å²) in [5.41, 5.74) is 8.50. The molecule has 3 rings (SSSR count). The molecule has 2 aromatic rings. The Morgan fingerprint density at radius 3 is 2.48 bits per heavy atom. The second kappa shape index (κ2) is 8.19. The molecule has 0 spiro atoms. The fourth-order valence-electron chi connectivity index (χ4n) is 3.62. The molecule has 0 saturated heterocycles. The smallest absolute Gasteiger partial charge is 0.203 e. The first-order valence-electron chi connectivity index (χ1n) is 9.33. The number of Topliss-reactive ketones (excluding diaryl/α,β-unsaturated/α-hetero) is 1. The van der Waals surface area contributed by atoms with Gasteiger partial charge in [-0.05, 0) is 42.9 Å². The summed E-state index contributed by atoms with van der Waals surface area (Å²) in [5.74, 6) is 1.32. The molecule has 1 unspecified atom stereocenters. The summed E-state index contributed by atoms with van der Waals surface area (Å²) < 4.78 is 5.88. The van der Waals surface area contributed by atoms with Crippen LogP contribution in [-0.4, -0.2) is 11.9 Å². The number of nitrogen functional groups attached to an aromatic ring is 1. The van der Waals surface area contributed by atoms with Gasteiger partial charge in [0, 0.05) is 17.3 Å². The Morgan fingerprint density at radius 1 is 1.12 bits per heavy atom. The SMILES string of the molecule is CCC(Oc1cccc(N)c1)C(=O)c1ccc(C2CCCCC2)cc1. The lowest BCUT2D eigenvalue weighted by atomic mass is 9.84. The fourth-order valence-corrected chi connectivity index (χ4v) is 3.62. The monoisotopic (exact) mass is 337 g/mol. The Hall–Kier alpha value is -2.29. The first-order chi connectivity index (χ1) is 12.2. The summed E-state index contributed by atoms with van der Waals surface area (Å²) in [7, 11) is 0. The van der Waals surface area contributed by atoms with E-state index >= 15 is 0 Å². The molecular weight excluding hydrogens is 310 g/mol. The first kappa shape index (κ1) is 17.5. The van der Waals surface area contributed by atoms with Crippen molar-refractivity contribution in [1.29, 1.82) is 0 Å². The van der Waals surface area contributed by atoms with Gasteiger partial charge in [-0.3, -0.25) is 4.79 Å².